The Morgan fingerprint density at radius 1 is 1.20 bits per heavy atom. The van der Waals surface area contributed by atoms with Crippen LogP contribution in [-0.2, 0) is 6.42 Å². The Labute approximate surface area is 127 Å². The van der Waals surface area contributed by atoms with Gasteiger partial charge in [-0.2, -0.15) is 0 Å². The topological polar surface area (TPSA) is 35.2 Å². The number of benzene rings is 2. The van der Waals surface area contributed by atoms with Gasteiger partial charge < -0.3 is 10.5 Å². The zero-order valence-electron chi connectivity index (χ0n) is 10.9. The molecule has 1 atom stereocenters. The lowest BCUT2D eigenvalue weighted by atomic mass is 9.98. The van der Waals surface area contributed by atoms with Crippen LogP contribution >= 0.6 is 23.2 Å². The summed E-state index contributed by atoms with van der Waals surface area (Å²) in [5.41, 5.74) is 7.61. The van der Waals surface area contributed by atoms with Crippen LogP contribution in [0.25, 0.3) is 0 Å². The molecule has 0 radical (unpaired) electrons. The van der Waals surface area contributed by atoms with Gasteiger partial charge in [-0.1, -0.05) is 29.3 Å². The van der Waals surface area contributed by atoms with E-state index >= 15 is 0 Å². The summed E-state index contributed by atoms with van der Waals surface area (Å²) in [5, 5.41) is 1.11. The van der Waals surface area contributed by atoms with Gasteiger partial charge in [-0.25, -0.2) is 4.39 Å². The van der Waals surface area contributed by atoms with E-state index in [0.29, 0.717) is 27.8 Å². The van der Waals surface area contributed by atoms with Crippen molar-refractivity contribution in [3.05, 3.63) is 63.4 Å². The summed E-state index contributed by atoms with van der Waals surface area (Å²) in [7, 11) is 1.53. The fraction of sp³-hybridized carbons (Fsp3) is 0.200. The van der Waals surface area contributed by atoms with E-state index in [0.717, 1.165) is 5.56 Å². The van der Waals surface area contributed by atoms with Crippen LogP contribution in [0.3, 0.4) is 0 Å². The molecule has 2 aromatic rings. The van der Waals surface area contributed by atoms with E-state index in [9.17, 15) is 4.39 Å². The predicted molar refractivity (Wildman–Crippen MR) is 80.0 cm³/mol. The lowest BCUT2D eigenvalue weighted by Crippen LogP contribution is -2.15. The first kappa shape index (κ1) is 15.1. The third-order valence-electron chi connectivity index (χ3n) is 3.05. The number of hydrogen-bond donors (Lipinski definition) is 1. The molecule has 2 N–H and O–H groups in total. The van der Waals surface area contributed by atoms with Crippen LogP contribution in [0.1, 0.15) is 17.2 Å². The first-order chi connectivity index (χ1) is 9.51. The van der Waals surface area contributed by atoms with Gasteiger partial charge in [-0.3, -0.25) is 0 Å². The molecule has 5 heteroatoms. The molecule has 0 aliphatic heterocycles. The third-order valence-corrected chi connectivity index (χ3v) is 3.63. The fourth-order valence-electron chi connectivity index (χ4n) is 2.03. The van der Waals surface area contributed by atoms with Gasteiger partial charge >= 0.3 is 0 Å². The predicted octanol–water partition coefficient (Wildman–Crippen LogP) is 4.38. The van der Waals surface area contributed by atoms with Crippen molar-refractivity contribution in [2.45, 2.75) is 12.5 Å². The summed E-state index contributed by atoms with van der Waals surface area (Å²) in [6.07, 6.45) is 0.468. The molecule has 0 amide bonds. The molecule has 0 aliphatic rings. The molecule has 0 bridgehead atoms. The molecule has 1 unspecified atom stereocenters. The second-order valence-electron chi connectivity index (χ2n) is 4.43. The van der Waals surface area contributed by atoms with Crippen LogP contribution in [0.2, 0.25) is 10.0 Å². The van der Waals surface area contributed by atoms with E-state index in [1.54, 1.807) is 18.2 Å². The molecule has 106 valence electrons. The summed E-state index contributed by atoms with van der Waals surface area (Å²) >= 11 is 12.0. The minimum atomic E-state index is -0.417. The maximum absolute atomic E-state index is 13.4. The minimum absolute atomic E-state index is 0.349. The number of rotatable bonds is 4. The molecule has 0 saturated carbocycles. The number of hydrogen-bond acceptors (Lipinski definition) is 2. The summed E-state index contributed by atoms with van der Waals surface area (Å²) < 4.78 is 18.6. The highest BCUT2D eigenvalue weighted by molar-refractivity contribution is 6.35. The molecule has 0 heterocycles. The zero-order chi connectivity index (χ0) is 14.7. The monoisotopic (exact) mass is 313 g/mol. The second-order valence-corrected chi connectivity index (χ2v) is 5.28. The van der Waals surface area contributed by atoms with Gasteiger partial charge in [0, 0.05) is 21.7 Å². The molecule has 20 heavy (non-hydrogen) atoms. The largest absolute Gasteiger partial charge is 0.496 e. The number of nitrogens with two attached hydrogens (primary N) is 1. The van der Waals surface area contributed by atoms with Crippen LogP contribution in [-0.4, -0.2) is 7.11 Å². The Balaban J connectivity index is 2.27. The maximum atomic E-state index is 13.4. The summed E-state index contributed by atoms with van der Waals surface area (Å²) in [4.78, 5) is 0. The van der Waals surface area contributed by atoms with Crippen molar-refractivity contribution < 1.29 is 9.13 Å². The molecular formula is C15H14Cl2FNO. The lowest BCUT2D eigenvalue weighted by molar-refractivity contribution is 0.404. The average Bonchev–Trinajstić information content (AvgIpc) is 2.41. The standard InChI is InChI=1S/C15H14Cl2FNO/c1-20-15-5-4-11(18)8-12(15)14(19)6-9-2-3-10(16)7-13(9)17/h2-5,7-8,14H,6,19H2,1H3. The zero-order valence-corrected chi connectivity index (χ0v) is 12.4. The minimum Gasteiger partial charge on any atom is -0.496 e. The molecule has 0 fully saturated rings. The van der Waals surface area contributed by atoms with Crippen LogP contribution in [0.5, 0.6) is 5.75 Å². The van der Waals surface area contributed by atoms with Crippen LogP contribution in [0, 0.1) is 5.82 Å². The first-order valence-corrected chi connectivity index (χ1v) is 6.80. The van der Waals surface area contributed by atoms with E-state index in [1.807, 2.05) is 6.07 Å². The van der Waals surface area contributed by atoms with Crippen molar-refractivity contribution in [2.75, 3.05) is 7.11 Å². The third kappa shape index (κ3) is 3.42. The fourth-order valence-corrected chi connectivity index (χ4v) is 2.51. The highest BCUT2D eigenvalue weighted by Gasteiger charge is 2.15. The van der Waals surface area contributed by atoms with Gasteiger partial charge in [-0.05, 0) is 42.3 Å². The highest BCUT2D eigenvalue weighted by Crippen LogP contribution is 2.29. The molecule has 0 saturated heterocycles. The number of ether oxygens (including phenoxy) is 1. The number of halogens is 3. The van der Waals surface area contributed by atoms with Gasteiger partial charge in [-0.15, -0.1) is 0 Å². The van der Waals surface area contributed by atoms with Crippen molar-refractivity contribution in [3.63, 3.8) is 0 Å². The smallest absolute Gasteiger partial charge is 0.123 e. The van der Waals surface area contributed by atoms with E-state index in [-0.39, 0.29) is 5.82 Å². The first-order valence-electron chi connectivity index (χ1n) is 6.04. The molecule has 0 aliphatic carbocycles. The van der Waals surface area contributed by atoms with Gasteiger partial charge in [0.15, 0.2) is 0 Å². The van der Waals surface area contributed by atoms with Crippen LogP contribution in [0.15, 0.2) is 36.4 Å². The van der Waals surface area contributed by atoms with Gasteiger partial charge in [0.1, 0.15) is 11.6 Å². The van der Waals surface area contributed by atoms with E-state index in [1.165, 1.54) is 19.2 Å². The molecule has 2 nitrogen and oxygen atoms in total. The SMILES string of the molecule is COc1ccc(F)cc1C(N)Cc1ccc(Cl)cc1Cl. The van der Waals surface area contributed by atoms with Crippen LogP contribution < -0.4 is 10.5 Å². The second kappa shape index (κ2) is 6.44. The van der Waals surface area contributed by atoms with E-state index < -0.39 is 6.04 Å². The lowest BCUT2D eigenvalue weighted by Gasteiger charge is -2.16. The van der Waals surface area contributed by atoms with E-state index in [2.05, 4.69) is 0 Å². The molecule has 0 aromatic heterocycles. The van der Waals surface area contributed by atoms with E-state index in [4.69, 9.17) is 33.7 Å². The van der Waals surface area contributed by atoms with Crippen molar-refractivity contribution in [3.8, 4) is 5.75 Å². The Morgan fingerprint density at radius 2 is 1.95 bits per heavy atom. The van der Waals surface area contributed by atoms with Crippen molar-refractivity contribution in [1.82, 2.24) is 0 Å². The number of methoxy groups -OCH3 is 1. The Kier molecular flexibility index (Phi) is 4.86. The molecule has 2 rings (SSSR count). The average molecular weight is 314 g/mol. The summed E-state index contributed by atoms with van der Waals surface area (Å²) in [6, 6.07) is 9.09. The summed E-state index contributed by atoms with van der Waals surface area (Å²) in [6.45, 7) is 0. The van der Waals surface area contributed by atoms with Crippen molar-refractivity contribution in [2.24, 2.45) is 5.73 Å². The Morgan fingerprint density at radius 3 is 2.60 bits per heavy atom. The Bertz CT molecular complexity index is 619. The Hall–Kier alpha value is -1.29. The molecule has 2 aromatic carbocycles. The van der Waals surface area contributed by atoms with Gasteiger partial charge in [0.2, 0.25) is 0 Å². The molecule has 0 spiro atoms. The quantitative estimate of drug-likeness (QED) is 0.909. The van der Waals surface area contributed by atoms with Gasteiger partial charge in [0.05, 0.1) is 7.11 Å². The highest BCUT2D eigenvalue weighted by atomic mass is 35.5. The van der Waals surface area contributed by atoms with Crippen LogP contribution in [0.4, 0.5) is 4.39 Å². The molecular weight excluding hydrogens is 300 g/mol. The van der Waals surface area contributed by atoms with Gasteiger partial charge in [0.25, 0.3) is 0 Å². The normalized spacial score (nSPS) is 12.2. The summed E-state index contributed by atoms with van der Waals surface area (Å²) in [5.74, 6) is 0.211. The van der Waals surface area contributed by atoms with Crippen molar-refractivity contribution in [1.29, 1.82) is 0 Å². The maximum Gasteiger partial charge on any atom is 0.123 e. The van der Waals surface area contributed by atoms with Crippen molar-refractivity contribution >= 4 is 23.2 Å².